The molecule has 2 heterocycles. The van der Waals surface area contributed by atoms with Gasteiger partial charge in [0.2, 0.25) is 0 Å². The number of carbonyl (C=O) groups excluding carboxylic acids is 1. The van der Waals surface area contributed by atoms with E-state index < -0.39 is 5.91 Å². The maximum absolute atomic E-state index is 11.6. The average molecular weight is 307 g/mol. The number of nitrogens with zero attached hydrogens (tertiary/aromatic N) is 2. The van der Waals surface area contributed by atoms with Gasteiger partial charge in [0.05, 0.1) is 17.8 Å². The van der Waals surface area contributed by atoms with Crippen LogP contribution in [0.3, 0.4) is 0 Å². The van der Waals surface area contributed by atoms with Gasteiger partial charge in [-0.25, -0.2) is 0 Å². The fourth-order valence-electron chi connectivity index (χ4n) is 2.45. The minimum Gasteiger partial charge on any atom is -0.379 e. The molecule has 7 heteroatoms. The van der Waals surface area contributed by atoms with Gasteiger partial charge in [-0.05, 0) is 31.0 Å². The van der Waals surface area contributed by atoms with Gasteiger partial charge in [-0.15, -0.1) is 10.2 Å². The number of amides is 1. The van der Waals surface area contributed by atoms with Crippen LogP contribution in [0, 0.1) is 0 Å². The van der Waals surface area contributed by atoms with E-state index in [0.29, 0.717) is 22.8 Å². The van der Waals surface area contributed by atoms with Crippen molar-refractivity contribution in [1.82, 2.24) is 10.2 Å². The molecular formula is C14H15ClN4O2. The highest BCUT2D eigenvalue weighted by molar-refractivity contribution is 6.31. The maximum atomic E-state index is 11.6. The van der Waals surface area contributed by atoms with Crippen LogP contribution >= 0.6 is 11.6 Å². The third kappa shape index (κ3) is 2.91. The van der Waals surface area contributed by atoms with Crippen LogP contribution in [0.4, 0.5) is 5.69 Å². The number of hydrogen-bond acceptors (Lipinski definition) is 5. The SMILES string of the molecule is NC(=O)c1nnc2ccc(Cl)cc2c1N[C@@H]1CCCOC1. The van der Waals surface area contributed by atoms with Crippen LogP contribution < -0.4 is 11.1 Å². The van der Waals surface area contributed by atoms with E-state index in [2.05, 4.69) is 15.5 Å². The van der Waals surface area contributed by atoms with E-state index in [4.69, 9.17) is 22.1 Å². The second-order valence-electron chi connectivity index (χ2n) is 5.01. The molecule has 0 aliphatic carbocycles. The lowest BCUT2D eigenvalue weighted by molar-refractivity contribution is 0.0874. The van der Waals surface area contributed by atoms with Gasteiger partial charge in [-0.2, -0.15) is 0 Å². The lowest BCUT2D eigenvalue weighted by Gasteiger charge is -2.25. The largest absolute Gasteiger partial charge is 0.379 e. The quantitative estimate of drug-likeness (QED) is 0.905. The Morgan fingerprint density at radius 2 is 2.29 bits per heavy atom. The van der Waals surface area contributed by atoms with Gasteiger partial charge in [-0.3, -0.25) is 4.79 Å². The Labute approximate surface area is 126 Å². The molecule has 1 aliphatic rings. The van der Waals surface area contributed by atoms with E-state index in [9.17, 15) is 4.79 Å². The van der Waals surface area contributed by atoms with Gasteiger partial charge in [-0.1, -0.05) is 11.6 Å². The summed E-state index contributed by atoms with van der Waals surface area (Å²) in [5.74, 6) is -0.622. The normalized spacial score (nSPS) is 18.6. The molecular weight excluding hydrogens is 292 g/mol. The molecule has 0 unspecified atom stereocenters. The van der Waals surface area contributed by atoms with Crippen molar-refractivity contribution >= 4 is 34.1 Å². The van der Waals surface area contributed by atoms with Crippen LogP contribution in [0.1, 0.15) is 23.3 Å². The summed E-state index contributed by atoms with van der Waals surface area (Å²) >= 11 is 6.05. The van der Waals surface area contributed by atoms with Crippen molar-refractivity contribution in [1.29, 1.82) is 0 Å². The molecule has 1 saturated heterocycles. The minimum absolute atomic E-state index is 0.114. The Hall–Kier alpha value is -1.92. The van der Waals surface area contributed by atoms with Crippen LogP contribution in [0.25, 0.3) is 10.9 Å². The summed E-state index contributed by atoms with van der Waals surface area (Å²) in [6.45, 7) is 1.35. The molecule has 0 radical (unpaired) electrons. The Balaban J connectivity index is 2.08. The molecule has 0 saturated carbocycles. The minimum atomic E-state index is -0.622. The van der Waals surface area contributed by atoms with Gasteiger partial charge in [0.15, 0.2) is 5.69 Å². The summed E-state index contributed by atoms with van der Waals surface area (Å²) in [6.07, 6.45) is 1.93. The molecule has 21 heavy (non-hydrogen) atoms. The number of hydrogen-bond donors (Lipinski definition) is 2. The second kappa shape index (κ2) is 5.83. The lowest BCUT2D eigenvalue weighted by atomic mass is 10.1. The van der Waals surface area contributed by atoms with Crippen molar-refractivity contribution in [3.63, 3.8) is 0 Å². The molecule has 1 aromatic carbocycles. The maximum Gasteiger partial charge on any atom is 0.271 e. The smallest absolute Gasteiger partial charge is 0.271 e. The molecule has 1 amide bonds. The number of anilines is 1. The Morgan fingerprint density at radius 1 is 1.43 bits per heavy atom. The van der Waals surface area contributed by atoms with Crippen LogP contribution in [-0.4, -0.2) is 35.4 Å². The number of rotatable bonds is 3. The van der Waals surface area contributed by atoms with Gasteiger partial charge in [0, 0.05) is 23.1 Å². The van der Waals surface area contributed by atoms with Gasteiger partial charge in [0.25, 0.3) is 5.91 Å². The number of nitrogens with two attached hydrogens (primary N) is 1. The lowest BCUT2D eigenvalue weighted by Crippen LogP contribution is -2.31. The van der Waals surface area contributed by atoms with E-state index >= 15 is 0 Å². The van der Waals surface area contributed by atoms with E-state index in [1.807, 2.05) is 0 Å². The van der Waals surface area contributed by atoms with Gasteiger partial charge < -0.3 is 15.8 Å². The number of primary amides is 1. The van der Waals surface area contributed by atoms with Crippen LogP contribution in [-0.2, 0) is 4.74 Å². The zero-order valence-corrected chi connectivity index (χ0v) is 12.1. The topological polar surface area (TPSA) is 90.1 Å². The molecule has 1 aliphatic heterocycles. The molecule has 1 aromatic heterocycles. The van der Waals surface area contributed by atoms with Crippen LogP contribution in [0.2, 0.25) is 5.02 Å². The van der Waals surface area contributed by atoms with E-state index in [-0.39, 0.29) is 11.7 Å². The molecule has 3 N–H and O–H groups in total. The molecule has 110 valence electrons. The van der Waals surface area contributed by atoms with Gasteiger partial charge in [0.1, 0.15) is 0 Å². The van der Waals surface area contributed by atoms with Crippen LogP contribution in [0.15, 0.2) is 18.2 Å². The first-order chi connectivity index (χ1) is 10.1. The number of benzene rings is 1. The highest BCUT2D eigenvalue weighted by atomic mass is 35.5. The highest BCUT2D eigenvalue weighted by Gasteiger charge is 2.20. The van der Waals surface area contributed by atoms with Crippen LogP contribution in [0.5, 0.6) is 0 Å². The standard InChI is InChI=1S/C14H15ClN4O2/c15-8-3-4-11-10(6-8)12(13(14(16)20)19-18-11)17-9-2-1-5-21-7-9/h3-4,6,9H,1-2,5,7H2,(H2,16,20)(H,17,18)/t9-/m1/s1. The molecule has 6 nitrogen and oxygen atoms in total. The first-order valence-corrected chi connectivity index (χ1v) is 7.13. The van der Waals surface area contributed by atoms with Crippen molar-refractivity contribution in [2.45, 2.75) is 18.9 Å². The number of carbonyl (C=O) groups is 1. The number of halogens is 1. The zero-order chi connectivity index (χ0) is 14.8. The van der Waals surface area contributed by atoms with E-state index in [0.717, 1.165) is 24.8 Å². The Bertz CT molecular complexity index is 686. The summed E-state index contributed by atoms with van der Waals surface area (Å²) in [6, 6.07) is 5.36. The van der Waals surface area contributed by atoms with Crippen molar-refractivity contribution in [2.75, 3.05) is 18.5 Å². The molecule has 0 bridgehead atoms. The third-order valence-corrected chi connectivity index (χ3v) is 3.70. The molecule has 3 rings (SSSR count). The monoisotopic (exact) mass is 306 g/mol. The fraction of sp³-hybridized carbons (Fsp3) is 0.357. The molecule has 1 atom stereocenters. The highest BCUT2D eigenvalue weighted by Crippen LogP contribution is 2.28. The fourth-order valence-corrected chi connectivity index (χ4v) is 2.63. The Morgan fingerprint density at radius 3 is 3.00 bits per heavy atom. The van der Waals surface area contributed by atoms with E-state index in [1.165, 1.54) is 0 Å². The third-order valence-electron chi connectivity index (χ3n) is 3.46. The summed E-state index contributed by atoms with van der Waals surface area (Å²) in [7, 11) is 0. The summed E-state index contributed by atoms with van der Waals surface area (Å²) in [5.41, 5.74) is 6.75. The van der Waals surface area contributed by atoms with Crippen molar-refractivity contribution in [3.8, 4) is 0 Å². The molecule has 0 spiro atoms. The number of nitrogens with one attached hydrogen (secondary N) is 1. The average Bonchev–Trinajstić information content (AvgIpc) is 2.48. The Kier molecular flexibility index (Phi) is 3.90. The predicted octanol–water partition coefficient (Wildman–Crippen LogP) is 1.97. The van der Waals surface area contributed by atoms with Crippen molar-refractivity contribution < 1.29 is 9.53 Å². The second-order valence-corrected chi connectivity index (χ2v) is 5.44. The number of ether oxygens (including phenoxy) is 1. The molecule has 1 fully saturated rings. The molecule has 2 aromatic rings. The van der Waals surface area contributed by atoms with Crippen molar-refractivity contribution in [3.05, 3.63) is 28.9 Å². The van der Waals surface area contributed by atoms with E-state index in [1.54, 1.807) is 18.2 Å². The summed E-state index contributed by atoms with van der Waals surface area (Å²) in [5, 5.41) is 12.6. The summed E-state index contributed by atoms with van der Waals surface area (Å²) < 4.78 is 5.45. The van der Waals surface area contributed by atoms with Gasteiger partial charge >= 0.3 is 0 Å². The summed E-state index contributed by atoms with van der Waals surface area (Å²) in [4.78, 5) is 11.6. The van der Waals surface area contributed by atoms with Crippen molar-refractivity contribution in [2.24, 2.45) is 5.73 Å². The number of fused-ring (bicyclic) bond motifs is 1. The first kappa shape index (κ1) is 14.0. The number of aromatic nitrogens is 2. The first-order valence-electron chi connectivity index (χ1n) is 6.75. The predicted molar refractivity (Wildman–Crippen MR) is 80.5 cm³/mol. The zero-order valence-electron chi connectivity index (χ0n) is 11.3.